The molecule has 7 heteroatoms. The van der Waals surface area contributed by atoms with Crippen LogP contribution < -0.4 is 10.6 Å². The molecule has 1 saturated carbocycles. The lowest BCUT2D eigenvalue weighted by Crippen LogP contribution is -2.44. The summed E-state index contributed by atoms with van der Waals surface area (Å²) in [6, 6.07) is 5.75. The predicted octanol–water partition coefficient (Wildman–Crippen LogP) is 4.57. The monoisotopic (exact) mass is 455 g/mol. The molecule has 0 atom stereocenters. The molecular weight excluding hydrogens is 430 g/mol. The first kappa shape index (κ1) is 21.1. The van der Waals surface area contributed by atoms with Crippen molar-refractivity contribution in [1.29, 1.82) is 0 Å². The molecule has 24 heavy (non-hydrogen) atoms. The second-order valence-electron chi connectivity index (χ2n) is 6.23. The van der Waals surface area contributed by atoms with Crippen LogP contribution in [0, 0.1) is 5.92 Å². The van der Waals surface area contributed by atoms with Gasteiger partial charge in [0.25, 0.3) is 0 Å². The molecule has 0 amide bonds. The lowest BCUT2D eigenvalue weighted by Gasteiger charge is -2.28. The van der Waals surface area contributed by atoms with Crippen LogP contribution in [0.2, 0.25) is 0 Å². The van der Waals surface area contributed by atoms with Gasteiger partial charge in [-0.25, -0.2) is 0 Å². The molecule has 1 aromatic carbocycles. The molecule has 0 bridgehead atoms. The lowest BCUT2D eigenvalue weighted by molar-refractivity contribution is -0.137. The maximum absolute atomic E-state index is 12.7. The van der Waals surface area contributed by atoms with E-state index in [1.165, 1.54) is 25.0 Å². The second kappa shape index (κ2) is 9.48. The fraction of sp³-hybridized carbons (Fsp3) is 0.588. The van der Waals surface area contributed by atoms with Gasteiger partial charge in [0.2, 0.25) is 0 Å². The van der Waals surface area contributed by atoms with Gasteiger partial charge in [-0.15, -0.1) is 24.0 Å². The van der Waals surface area contributed by atoms with Crippen LogP contribution >= 0.6 is 24.0 Å². The SMILES string of the molecule is CN=C(NCc1cccc(C(F)(F)F)c1)NC1CCC(C)CC1.I. The van der Waals surface area contributed by atoms with Crippen molar-refractivity contribution in [2.24, 2.45) is 10.9 Å². The first-order chi connectivity index (χ1) is 10.9. The molecule has 1 aliphatic rings. The maximum Gasteiger partial charge on any atom is 0.416 e. The van der Waals surface area contributed by atoms with Crippen molar-refractivity contribution in [3.63, 3.8) is 0 Å². The van der Waals surface area contributed by atoms with Crippen LogP contribution in [0.15, 0.2) is 29.3 Å². The minimum atomic E-state index is -4.31. The number of guanidine groups is 1. The molecular formula is C17H25F3IN3. The van der Waals surface area contributed by atoms with E-state index in [1.807, 2.05) is 0 Å². The third-order valence-electron chi connectivity index (χ3n) is 4.29. The molecule has 0 radical (unpaired) electrons. The van der Waals surface area contributed by atoms with Crippen molar-refractivity contribution in [2.75, 3.05) is 7.05 Å². The molecule has 0 saturated heterocycles. The summed E-state index contributed by atoms with van der Waals surface area (Å²) >= 11 is 0. The number of halogens is 4. The van der Waals surface area contributed by atoms with Gasteiger partial charge < -0.3 is 10.6 Å². The van der Waals surface area contributed by atoms with Gasteiger partial charge in [0.1, 0.15) is 0 Å². The highest BCUT2D eigenvalue weighted by Crippen LogP contribution is 2.29. The third kappa shape index (κ3) is 6.49. The minimum absolute atomic E-state index is 0. The molecule has 2 rings (SSSR count). The highest BCUT2D eigenvalue weighted by Gasteiger charge is 2.30. The lowest BCUT2D eigenvalue weighted by atomic mass is 9.87. The summed E-state index contributed by atoms with van der Waals surface area (Å²) < 4.78 is 38.2. The summed E-state index contributed by atoms with van der Waals surface area (Å²) in [6.07, 6.45) is 0.288. The molecule has 0 aromatic heterocycles. The molecule has 136 valence electrons. The number of hydrogen-bond donors (Lipinski definition) is 2. The highest BCUT2D eigenvalue weighted by atomic mass is 127. The van der Waals surface area contributed by atoms with Crippen LogP contribution in [0.5, 0.6) is 0 Å². The van der Waals surface area contributed by atoms with E-state index in [-0.39, 0.29) is 24.0 Å². The van der Waals surface area contributed by atoms with E-state index in [0.29, 0.717) is 24.1 Å². The fourth-order valence-corrected chi connectivity index (χ4v) is 2.84. The van der Waals surface area contributed by atoms with Crippen molar-refractivity contribution < 1.29 is 13.2 Å². The van der Waals surface area contributed by atoms with E-state index < -0.39 is 11.7 Å². The van der Waals surface area contributed by atoms with E-state index in [2.05, 4.69) is 22.5 Å². The Hall–Kier alpha value is -0.990. The number of aliphatic imine (C=N–C) groups is 1. The van der Waals surface area contributed by atoms with Gasteiger partial charge in [0.05, 0.1) is 5.56 Å². The van der Waals surface area contributed by atoms with Gasteiger partial charge in [-0.2, -0.15) is 13.2 Å². The van der Waals surface area contributed by atoms with E-state index in [0.717, 1.165) is 24.8 Å². The van der Waals surface area contributed by atoms with Crippen LogP contribution in [0.3, 0.4) is 0 Å². The Kier molecular flexibility index (Phi) is 8.32. The quantitative estimate of drug-likeness (QED) is 0.398. The molecule has 1 aromatic rings. The molecule has 1 fully saturated rings. The Labute approximate surface area is 158 Å². The van der Waals surface area contributed by atoms with Crippen molar-refractivity contribution >= 4 is 29.9 Å². The van der Waals surface area contributed by atoms with Crippen molar-refractivity contribution in [2.45, 2.75) is 51.4 Å². The number of alkyl halides is 3. The Morgan fingerprint density at radius 3 is 2.46 bits per heavy atom. The standard InChI is InChI=1S/C17H24F3N3.HI/c1-12-6-8-15(9-7-12)23-16(21-2)22-11-13-4-3-5-14(10-13)17(18,19)20;/h3-5,10,12,15H,6-9,11H2,1-2H3,(H2,21,22,23);1H. The first-order valence-corrected chi connectivity index (χ1v) is 8.02. The van der Waals surface area contributed by atoms with Crippen molar-refractivity contribution in [1.82, 2.24) is 10.6 Å². The first-order valence-electron chi connectivity index (χ1n) is 8.02. The molecule has 0 unspecified atom stereocenters. The Morgan fingerprint density at radius 2 is 1.88 bits per heavy atom. The van der Waals surface area contributed by atoms with Gasteiger partial charge >= 0.3 is 6.18 Å². The topological polar surface area (TPSA) is 36.4 Å². The average molecular weight is 455 g/mol. The largest absolute Gasteiger partial charge is 0.416 e. The number of nitrogens with one attached hydrogen (secondary N) is 2. The van der Waals surface area contributed by atoms with Gasteiger partial charge in [-0.1, -0.05) is 19.1 Å². The maximum atomic E-state index is 12.7. The zero-order valence-electron chi connectivity index (χ0n) is 14.0. The molecule has 0 spiro atoms. The van der Waals surface area contributed by atoms with Crippen LogP contribution in [0.25, 0.3) is 0 Å². The zero-order valence-corrected chi connectivity index (χ0v) is 16.3. The third-order valence-corrected chi connectivity index (χ3v) is 4.29. The number of rotatable bonds is 3. The Morgan fingerprint density at radius 1 is 1.21 bits per heavy atom. The highest BCUT2D eigenvalue weighted by molar-refractivity contribution is 14.0. The van der Waals surface area contributed by atoms with Gasteiger partial charge in [0.15, 0.2) is 5.96 Å². The Balaban J connectivity index is 0.00000288. The van der Waals surface area contributed by atoms with Crippen LogP contribution in [-0.2, 0) is 12.7 Å². The predicted molar refractivity (Wildman–Crippen MR) is 102 cm³/mol. The number of nitrogens with zero attached hydrogens (tertiary/aromatic N) is 1. The van der Waals surface area contributed by atoms with Crippen molar-refractivity contribution in [3.8, 4) is 0 Å². The van der Waals surface area contributed by atoms with Gasteiger partial charge in [-0.05, 0) is 49.3 Å². The minimum Gasteiger partial charge on any atom is -0.354 e. The molecule has 0 heterocycles. The molecule has 0 aliphatic heterocycles. The van der Waals surface area contributed by atoms with Crippen molar-refractivity contribution in [3.05, 3.63) is 35.4 Å². The summed E-state index contributed by atoms with van der Waals surface area (Å²) in [4.78, 5) is 4.16. The summed E-state index contributed by atoms with van der Waals surface area (Å²) in [5.74, 6) is 1.41. The zero-order chi connectivity index (χ0) is 16.9. The van der Waals surface area contributed by atoms with Crippen LogP contribution in [-0.4, -0.2) is 19.0 Å². The summed E-state index contributed by atoms with van der Waals surface area (Å²) in [6.45, 7) is 2.57. The summed E-state index contributed by atoms with van der Waals surface area (Å²) in [5, 5.41) is 6.45. The Bertz CT molecular complexity index is 538. The molecule has 1 aliphatic carbocycles. The normalized spacial score (nSPS) is 21.8. The van der Waals surface area contributed by atoms with E-state index in [9.17, 15) is 13.2 Å². The molecule has 2 N–H and O–H groups in total. The summed E-state index contributed by atoms with van der Waals surface area (Å²) in [7, 11) is 1.67. The van der Waals surface area contributed by atoms with E-state index in [1.54, 1.807) is 13.1 Å². The van der Waals surface area contributed by atoms with E-state index in [4.69, 9.17) is 0 Å². The average Bonchev–Trinajstić information content (AvgIpc) is 2.53. The number of hydrogen-bond acceptors (Lipinski definition) is 1. The van der Waals surface area contributed by atoms with Gasteiger partial charge in [0, 0.05) is 19.6 Å². The summed E-state index contributed by atoms with van der Waals surface area (Å²) in [5.41, 5.74) is -0.0407. The fourth-order valence-electron chi connectivity index (χ4n) is 2.84. The smallest absolute Gasteiger partial charge is 0.354 e. The van der Waals surface area contributed by atoms with E-state index >= 15 is 0 Å². The second-order valence-corrected chi connectivity index (χ2v) is 6.23. The molecule has 3 nitrogen and oxygen atoms in total. The van der Waals surface area contributed by atoms with Gasteiger partial charge in [-0.3, -0.25) is 4.99 Å². The van der Waals surface area contributed by atoms with Crippen LogP contribution in [0.4, 0.5) is 13.2 Å². The number of benzene rings is 1. The van der Waals surface area contributed by atoms with Crippen LogP contribution in [0.1, 0.15) is 43.7 Å².